The second-order valence-corrected chi connectivity index (χ2v) is 3.58. The lowest BCUT2D eigenvalue weighted by Gasteiger charge is -1.97. The molecule has 0 unspecified atom stereocenters. The number of aromatic nitrogens is 2. The van der Waals surface area contributed by atoms with Gasteiger partial charge in [0.1, 0.15) is 0 Å². The lowest BCUT2D eigenvalue weighted by molar-refractivity contribution is -0.112. The van der Waals surface area contributed by atoms with Crippen molar-refractivity contribution in [3.8, 4) is 0 Å². The molecule has 0 fully saturated rings. The van der Waals surface area contributed by atoms with Crippen LogP contribution < -0.4 is 0 Å². The average molecular weight is 267 g/mol. The Morgan fingerprint density at radius 1 is 1.40 bits per heavy atom. The molecule has 0 radical (unpaired) electrons. The van der Waals surface area contributed by atoms with Gasteiger partial charge >= 0.3 is 0 Å². The van der Waals surface area contributed by atoms with Crippen molar-refractivity contribution in [3.05, 3.63) is 30.1 Å². The predicted molar refractivity (Wildman–Crippen MR) is 59.2 cm³/mol. The highest BCUT2D eigenvalue weighted by atomic mass is 79.9. The zero-order valence-electron chi connectivity index (χ0n) is 7.66. The fourth-order valence-electron chi connectivity index (χ4n) is 1.30. The van der Waals surface area contributed by atoms with E-state index >= 15 is 0 Å². The number of hydrogen-bond acceptors (Lipinski definition) is 3. The minimum atomic E-state index is -0.483. The first-order valence-corrected chi connectivity index (χ1v) is 5.41. The number of hydrogen-bond donors (Lipinski definition) is 1. The van der Waals surface area contributed by atoms with Gasteiger partial charge in [0.25, 0.3) is 0 Å². The number of alkyl halides is 1. The third kappa shape index (κ3) is 1.83. The van der Waals surface area contributed by atoms with Crippen molar-refractivity contribution >= 4 is 38.5 Å². The Labute approximate surface area is 93.8 Å². The summed E-state index contributed by atoms with van der Waals surface area (Å²) in [6.45, 7) is 0. The zero-order chi connectivity index (χ0) is 10.8. The molecule has 5 heteroatoms. The summed E-state index contributed by atoms with van der Waals surface area (Å²) in [4.78, 5) is 29.6. The van der Waals surface area contributed by atoms with Crippen molar-refractivity contribution in [1.82, 2.24) is 9.97 Å². The standard InChI is InChI=1S/C10H7BrN2O2/c11-4-9(14)10(15)6-1-2-7-8(3-6)13-5-12-7/h1-3,5H,4H2,(H,12,13). The van der Waals surface area contributed by atoms with Gasteiger partial charge in [-0.2, -0.15) is 0 Å². The van der Waals surface area contributed by atoms with Crippen LogP contribution in [0.25, 0.3) is 11.0 Å². The van der Waals surface area contributed by atoms with Gasteiger partial charge in [-0.1, -0.05) is 15.9 Å². The molecule has 0 amide bonds. The molecule has 0 aliphatic heterocycles. The molecule has 1 heterocycles. The van der Waals surface area contributed by atoms with Crippen molar-refractivity contribution in [2.24, 2.45) is 0 Å². The number of benzene rings is 1. The molecule has 2 rings (SSSR count). The van der Waals surface area contributed by atoms with E-state index in [-0.39, 0.29) is 5.33 Å². The van der Waals surface area contributed by atoms with Crippen LogP contribution >= 0.6 is 15.9 Å². The first kappa shape index (κ1) is 10.0. The molecule has 1 aromatic heterocycles. The fourth-order valence-corrected chi connectivity index (χ4v) is 1.55. The summed E-state index contributed by atoms with van der Waals surface area (Å²) in [7, 11) is 0. The molecule has 0 aliphatic carbocycles. The van der Waals surface area contributed by atoms with E-state index in [0.29, 0.717) is 5.56 Å². The molecule has 1 aromatic carbocycles. The number of fused-ring (bicyclic) bond motifs is 1. The quantitative estimate of drug-likeness (QED) is 0.523. The smallest absolute Gasteiger partial charge is 0.229 e. The SMILES string of the molecule is O=C(CBr)C(=O)c1ccc2nc[nH]c2c1. The normalized spacial score (nSPS) is 10.5. The van der Waals surface area contributed by atoms with Crippen LogP contribution in [0.3, 0.4) is 0 Å². The van der Waals surface area contributed by atoms with Gasteiger partial charge in [-0.25, -0.2) is 4.98 Å². The number of nitrogens with zero attached hydrogens (tertiary/aromatic N) is 1. The Kier molecular flexibility index (Phi) is 2.64. The molecule has 76 valence electrons. The molecule has 1 N–H and O–H groups in total. The number of H-pyrrole nitrogens is 1. The molecule has 0 spiro atoms. The summed E-state index contributed by atoms with van der Waals surface area (Å²) < 4.78 is 0. The monoisotopic (exact) mass is 266 g/mol. The molecule has 4 nitrogen and oxygen atoms in total. The van der Waals surface area contributed by atoms with E-state index in [1.807, 2.05) is 0 Å². The van der Waals surface area contributed by atoms with Crippen molar-refractivity contribution in [3.63, 3.8) is 0 Å². The van der Waals surface area contributed by atoms with Crippen LogP contribution in [0.15, 0.2) is 24.5 Å². The van der Waals surface area contributed by atoms with Crippen LogP contribution in [-0.2, 0) is 4.79 Å². The van der Waals surface area contributed by atoms with Gasteiger partial charge < -0.3 is 4.98 Å². The van der Waals surface area contributed by atoms with Crippen LogP contribution in [0.2, 0.25) is 0 Å². The van der Waals surface area contributed by atoms with E-state index in [1.54, 1.807) is 24.5 Å². The van der Waals surface area contributed by atoms with Gasteiger partial charge in [-0.15, -0.1) is 0 Å². The predicted octanol–water partition coefficient (Wildman–Crippen LogP) is 1.71. The van der Waals surface area contributed by atoms with Crippen LogP contribution in [-0.4, -0.2) is 26.9 Å². The van der Waals surface area contributed by atoms with Gasteiger partial charge in [0, 0.05) is 5.56 Å². The van der Waals surface area contributed by atoms with E-state index in [0.717, 1.165) is 11.0 Å². The van der Waals surface area contributed by atoms with E-state index in [4.69, 9.17) is 0 Å². The highest BCUT2D eigenvalue weighted by Crippen LogP contribution is 2.12. The van der Waals surface area contributed by atoms with Gasteiger partial charge in [-0.3, -0.25) is 9.59 Å². The molecular weight excluding hydrogens is 260 g/mol. The minimum Gasteiger partial charge on any atom is -0.345 e. The number of nitrogens with one attached hydrogen (secondary N) is 1. The number of aromatic amines is 1. The van der Waals surface area contributed by atoms with E-state index in [1.165, 1.54) is 0 Å². The maximum Gasteiger partial charge on any atom is 0.229 e. The van der Waals surface area contributed by atoms with Crippen molar-refractivity contribution in [2.75, 3.05) is 5.33 Å². The van der Waals surface area contributed by atoms with E-state index in [9.17, 15) is 9.59 Å². The van der Waals surface area contributed by atoms with Crippen molar-refractivity contribution in [1.29, 1.82) is 0 Å². The highest BCUT2D eigenvalue weighted by molar-refractivity contribution is 9.09. The number of carbonyl (C=O) groups excluding carboxylic acids is 2. The third-order valence-corrected chi connectivity index (χ3v) is 2.57. The number of imidazole rings is 1. The number of ketones is 2. The summed E-state index contributed by atoms with van der Waals surface area (Å²) in [5.74, 6) is -0.933. The van der Waals surface area contributed by atoms with Gasteiger partial charge in [-0.05, 0) is 18.2 Å². The van der Waals surface area contributed by atoms with Gasteiger partial charge in [0.2, 0.25) is 11.6 Å². The number of rotatable bonds is 3. The second kappa shape index (κ2) is 3.94. The Bertz CT molecular complexity index is 533. The number of Topliss-reactive ketones (excluding diaryl/α,β-unsaturated/α-hetero) is 2. The first-order chi connectivity index (χ1) is 7.22. The summed E-state index contributed by atoms with van der Waals surface area (Å²) in [5.41, 5.74) is 1.91. The summed E-state index contributed by atoms with van der Waals surface area (Å²) >= 11 is 2.96. The Morgan fingerprint density at radius 3 is 2.93 bits per heavy atom. The molecular formula is C10H7BrN2O2. The van der Waals surface area contributed by atoms with Crippen molar-refractivity contribution in [2.45, 2.75) is 0 Å². The minimum absolute atomic E-state index is 0.0485. The molecule has 0 saturated carbocycles. The third-order valence-electron chi connectivity index (χ3n) is 2.06. The van der Waals surface area contributed by atoms with E-state index < -0.39 is 11.6 Å². The average Bonchev–Trinajstić information content (AvgIpc) is 2.73. The Hall–Kier alpha value is -1.49. The molecule has 15 heavy (non-hydrogen) atoms. The van der Waals surface area contributed by atoms with Crippen molar-refractivity contribution < 1.29 is 9.59 Å². The van der Waals surface area contributed by atoms with Gasteiger partial charge in [0.05, 0.1) is 22.7 Å². The molecule has 0 saturated heterocycles. The topological polar surface area (TPSA) is 62.8 Å². The maximum atomic E-state index is 11.5. The summed E-state index contributed by atoms with van der Waals surface area (Å²) in [6.07, 6.45) is 1.55. The molecule has 2 aromatic rings. The molecule has 0 bridgehead atoms. The lowest BCUT2D eigenvalue weighted by atomic mass is 10.1. The largest absolute Gasteiger partial charge is 0.345 e. The lowest BCUT2D eigenvalue weighted by Crippen LogP contribution is -2.14. The Balaban J connectivity index is 2.44. The van der Waals surface area contributed by atoms with Crippen LogP contribution in [0.4, 0.5) is 0 Å². The molecule has 0 atom stereocenters. The summed E-state index contributed by atoms with van der Waals surface area (Å²) in [5, 5.41) is 0.0485. The number of halogens is 1. The maximum absolute atomic E-state index is 11.5. The highest BCUT2D eigenvalue weighted by Gasteiger charge is 2.15. The van der Waals surface area contributed by atoms with E-state index in [2.05, 4.69) is 25.9 Å². The van der Waals surface area contributed by atoms with Crippen LogP contribution in [0, 0.1) is 0 Å². The Morgan fingerprint density at radius 2 is 2.20 bits per heavy atom. The molecule has 0 aliphatic rings. The van der Waals surface area contributed by atoms with Gasteiger partial charge in [0.15, 0.2) is 0 Å². The summed E-state index contributed by atoms with van der Waals surface area (Å²) in [6, 6.07) is 4.94. The fraction of sp³-hybridized carbons (Fsp3) is 0.100. The zero-order valence-corrected chi connectivity index (χ0v) is 9.24. The first-order valence-electron chi connectivity index (χ1n) is 4.29. The van der Waals surface area contributed by atoms with Crippen LogP contribution in [0.5, 0.6) is 0 Å². The second-order valence-electron chi connectivity index (χ2n) is 3.02. The number of carbonyl (C=O) groups is 2. The van der Waals surface area contributed by atoms with Crippen LogP contribution in [0.1, 0.15) is 10.4 Å².